The maximum Gasteiger partial charge on any atom is 0.0877 e. The first-order valence-corrected chi connectivity index (χ1v) is 6.01. The second-order valence-electron chi connectivity index (χ2n) is 2.56. The summed E-state index contributed by atoms with van der Waals surface area (Å²) in [6.07, 6.45) is 0. The fourth-order valence-corrected chi connectivity index (χ4v) is 4.83. The molecule has 0 saturated carbocycles. The topological polar surface area (TPSA) is 26.0 Å². The second kappa shape index (κ2) is 2.22. The van der Waals surface area contributed by atoms with Gasteiger partial charge in [-0.3, -0.25) is 0 Å². The zero-order chi connectivity index (χ0) is 8.13. The van der Waals surface area contributed by atoms with Gasteiger partial charge >= 0.3 is 0 Å². The molecule has 0 atom stereocenters. The molecular weight excluding hydrogens is 206 g/mol. The number of hydrogen-bond acceptors (Lipinski definition) is 4. The largest absolute Gasteiger partial charge is 0.391 e. The summed E-state index contributed by atoms with van der Waals surface area (Å²) >= 11 is 5.32. The maximum atomic E-state index is 5.72. The second-order valence-corrected chi connectivity index (χ2v) is 5.64. The Morgan fingerprint density at radius 3 is 2.92 bits per heavy atom. The van der Waals surface area contributed by atoms with Crippen molar-refractivity contribution in [3.8, 4) is 0 Å². The molecule has 0 aliphatic rings. The molecule has 0 unspecified atom stereocenters. The SMILES string of the molecule is Nc1cc2sc3ccsc3c2s1. The fourth-order valence-electron chi connectivity index (χ4n) is 1.29. The van der Waals surface area contributed by atoms with Gasteiger partial charge in [-0.1, -0.05) is 0 Å². The number of hydrogen-bond donors (Lipinski definition) is 1. The van der Waals surface area contributed by atoms with E-state index in [4.69, 9.17) is 5.73 Å². The van der Waals surface area contributed by atoms with Gasteiger partial charge in [0.2, 0.25) is 0 Å². The first-order chi connectivity index (χ1) is 5.84. The van der Waals surface area contributed by atoms with E-state index in [1.807, 2.05) is 11.3 Å². The molecule has 3 aromatic rings. The number of rotatable bonds is 0. The Kier molecular flexibility index (Phi) is 1.27. The highest BCUT2D eigenvalue weighted by Gasteiger charge is 2.08. The Morgan fingerprint density at radius 2 is 2.00 bits per heavy atom. The third-order valence-electron chi connectivity index (χ3n) is 1.77. The Hall–Kier alpha value is -0.580. The van der Waals surface area contributed by atoms with Crippen molar-refractivity contribution in [2.45, 2.75) is 0 Å². The molecule has 12 heavy (non-hydrogen) atoms. The molecule has 3 heterocycles. The molecule has 0 fully saturated rings. The van der Waals surface area contributed by atoms with Crippen molar-refractivity contribution in [2.24, 2.45) is 0 Å². The van der Waals surface area contributed by atoms with Crippen LogP contribution in [0.15, 0.2) is 17.5 Å². The average Bonchev–Trinajstić information content (AvgIpc) is 2.59. The van der Waals surface area contributed by atoms with Crippen molar-refractivity contribution < 1.29 is 0 Å². The third-order valence-corrected chi connectivity index (χ3v) is 5.18. The first-order valence-electron chi connectivity index (χ1n) is 3.49. The van der Waals surface area contributed by atoms with Gasteiger partial charge in [0, 0.05) is 9.40 Å². The molecule has 3 aromatic heterocycles. The van der Waals surface area contributed by atoms with Crippen molar-refractivity contribution in [2.75, 3.05) is 5.73 Å². The molecule has 2 N–H and O–H groups in total. The molecule has 0 amide bonds. The zero-order valence-electron chi connectivity index (χ0n) is 6.03. The molecule has 4 heteroatoms. The van der Waals surface area contributed by atoms with Crippen LogP contribution in [-0.2, 0) is 0 Å². The van der Waals surface area contributed by atoms with E-state index in [1.54, 1.807) is 22.7 Å². The van der Waals surface area contributed by atoms with Crippen LogP contribution in [0.3, 0.4) is 0 Å². The molecule has 60 valence electrons. The van der Waals surface area contributed by atoms with Gasteiger partial charge in [-0.15, -0.1) is 34.0 Å². The highest BCUT2D eigenvalue weighted by Crippen LogP contribution is 2.42. The summed E-state index contributed by atoms with van der Waals surface area (Å²) in [4.78, 5) is 0. The molecule has 3 rings (SSSR count). The van der Waals surface area contributed by atoms with E-state index in [9.17, 15) is 0 Å². The van der Waals surface area contributed by atoms with E-state index in [0.29, 0.717) is 0 Å². The lowest BCUT2D eigenvalue weighted by atomic mass is 10.5. The lowest BCUT2D eigenvalue weighted by molar-refractivity contribution is 2.02. The van der Waals surface area contributed by atoms with Gasteiger partial charge < -0.3 is 5.73 Å². The summed E-state index contributed by atoms with van der Waals surface area (Å²) in [5.41, 5.74) is 5.72. The Balaban J connectivity index is 2.64. The summed E-state index contributed by atoms with van der Waals surface area (Å²) in [6, 6.07) is 4.24. The van der Waals surface area contributed by atoms with Gasteiger partial charge in [0.1, 0.15) is 0 Å². The standard InChI is InChI=1S/C8H5NS3/c9-6-3-5-8(12-6)7-4(11-5)1-2-10-7/h1-3H,9H2. The van der Waals surface area contributed by atoms with Gasteiger partial charge in [-0.25, -0.2) is 0 Å². The highest BCUT2D eigenvalue weighted by atomic mass is 32.1. The molecule has 1 nitrogen and oxygen atoms in total. The average molecular weight is 211 g/mol. The van der Waals surface area contributed by atoms with Gasteiger partial charge in [0.05, 0.1) is 14.4 Å². The molecule has 0 aliphatic heterocycles. The van der Waals surface area contributed by atoms with Crippen LogP contribution in [-0.4, -0.2) is 0 Å². The van der Waals surface area contributed by atoms with Crippen LogP contribution in [0, 0.1) is 0 Å². The fraction of sp³-hybridized carbons (Fsp3) is 0. The van der Waals surface area contributed by atoms with Crippen molar-refractivity contribution in [3.63, 3.8) is 0 Å². The molecule has 0 saturated heterocycles. The predicted octanol–water partition coefficient (Wildman–Crippen LogP) is 3.76. The van der Waals surface area contributed by atoms with Crippen molar-refractivity contribution in [1.29, 1.82) is 0 Å². The normalized spacial score (nSPS) is 11.7. The summed E-state index contributed by atoms with van der Waals surface area (Å²) in [5, 5.41) is 3.06. The summed E-state index contributed by atoms with van der Waals surface area (Å²) in [7, 11) is 0. The van der Waals surface area contributed by atoms with E-state index in [0.717, 1.165) is 5.00 Å². The van der Waals surface area contributed by atoms with Gasteiger partial charge in [-0.05, 0) is 17.5 Å². The highest BCUT2D eigenvalue weighted by molar-refractivity contribution is 7.39. The van der Waals surface area contributed by atoms with Crippen LogP contribution in [0.25, 0.3) is 18.8 Å². The van der Waals surface area contributed by atoms with Crippen LogP contribution < -0.4 is 5.73 Å². The smallest absolute Gasteiger partial charge is 0.0877 e. The van der Waals surface area contributed by atoms with Crippen molar-refractivity contribution >= 4 is 57.8 Å². The van der Waals surface area contributed by atoms with Gasteiger partial charge in [-0.2, -0.15) is 0 Å². The van der Waals surface area contributed by atoms with E-state index < -0.39 is 0 Å². The van der Waals surface area contributed by atoms with E-state index in [2.05, 4.69) is 17.5 Å². The van der Waals surface area contributed by atoms with Crippen LogP contribution in [0.4, 0.5) is 5.00 Å². The number of nitrogen functional groups attached to an aromatic ring is 1. The quantitative estimate of drug-likeness (QED) is 0.602. The van der Waals surface area contributed by atoms with E-state index >= 15 is 0 Å². The summed E-state index contributed by atoms with van der Waals surface area (Å²) in [6.45, 7) is 0. The molecule has 0 aromatic carbocycles. The predicted molar refractivity (Wildman–Crippen MR) is 59.5 cm³/mol. The van der Waals surface area contributed by atoms with Gasteiger partial charge in [0.15, 0.2) is 0 Å². The van der Waals surface area contributed by atoms with Crippen LogP contribution in [0.2, 0.25) is 0 Å². The number of anilines is 1. The Morgan fingerprint density at radius 1 is 1.08 bits per heavy atom. The molecule has 0 aliphatic carbocycles. The lowest BCUT2D eigenvalue weighted by Gasteiger charge is -1.76. The van der Waals surface area contributed by atoms with E-state index in [1.165, 1.54) is 18.8 Å². The van der Waals surface area contributed by atoms with Crippen LogP contribution >= 0.6 is 34.0 Å². The summed E-state index contributed by atoms with van der Waals surface area (Å²) in [5.74, 6) is 0. The molecule has 0 spiro atoms. The number of fused-ring (bicyclic) bond motifs is 3. The first kappa shape index (κ1) is 6.88. The Labute approximate surface area is 81.1 Å². The van der Waals surface area contributed by atoms with E-state index in [-0.39, 0.29) is 0 Å². The minimum Gasteiger partial charge on any atom is -0.391 e. The summed E-state index contributed by atoms with van der Waals surface area (Å²) < 4.78 is 5.49. The van der Waals surface area contributed by atoms with Crippen molar-refractivity contribution in [3.05, 3.63) is 17.5 Å². The van der Waals surface area contributed by atoms with Crippen LogP contribution in [0.1, 0.15) is 0 Å². The van der Waals surface area contributed by atoms with Crippen molar-refractivity contribution in [1.82, 2.24) is 0 Å². The number of nitrogens with two attached hydrogens (primary N) is 1. The monoisotopic (exact) mass is 211 g/mol. The van der Waals surface area contributed by atoms with Crippen LogP contribution in [0.5, 0.6) is 0 Å². The third kappa shape index (κ3) is 0.772. The van der Waals surface area contributed by atoms with Gasteiger partial charge in [0.25, 0.3) is 0 Å². The zero-order valence-corrected chi connectivity index (χ0v) is 8.48. The molecule has 0 bridgehead atoms. The molecular formula is C8H5NS3. The maximum absolute atomic E-state index is 5.72. The lowest BCUT2D eigenvalue weighted by Crippen LogP contribution is -1.72. The number of thiophene rings is 3. The Bertz CT molecular complexity index is 543. The minimum atomic E-state index is 0.923. The molecule has 0 radical (unpaired) electrons. The minimum absolute atomic E-state index is 0.923.